The van der Waals surface area contributed by atoms with E-state index in [1.54, 1.807) is 12.1 Å². The van der Waals surface area contributed by atoms with Gasteiger partial charge in [-0.05, 0) is 40.9 Å². The highest BCUT2D eigenvalue weighted by atomic mass is 19.1. The topological polar surface area (TPSA) is 80.1 Å². The number of carbonyl (C=O) groups is 1. The van der Waals surface area contributed by atoms with Crippen molar-refractivity contribution in [1.82, 2.24) is 10.3 Å². The minimum atomic E-state index is -0.399. The van der Waals surface area contributed by atoms with Crippen molar-refractivity contribution in [2.45, 2.75) is 25.3 Å². The predicted octanol–water partition coefficient (Wildman–Crippen LogP) is 2.79. The summed E-state index contributed by atoms with van der Waals surface area (Å²) in [6, 6.07) is 5.69. The van der Waals surface area contributed by atoms with Crippen molar-refractivity contribution in [2.75, 3.05) is 10.6 Å². The lowest BCUT2D eigenvalue weighted by atomic mass is 9.87. The maximum Gasteiger partial charge on any atom is 0.219 e. The molecule has 2 N–H and O–H groups in total. The van der Waals surface area contributed by atoms with Crippen molar-refractivity contribution in [3.63, 3.8) is 0 Å². The fourth-order valence-corrected chi connectivity index (χ4v) is 2.95. The van der Waals surface area contributed by atoms with E-state index in [4.69, 9.17) is 4.63 Å². The summed E-state index contributed by atoms with van der Waals surface area (Å²) in [6.07, 6.45) is 2.06. The fourth-order valence-electron chi connectivity index (χ4n) is 2.95. The van der Waals surface area contributed by atoms with Crippen LogP contribution >= 0.6 is 0 Å². The van der Waals surface area contributed by atoms with Gasteiger partial charge in [-0.1, -0.05) is 12.1 Å². The largest absolute Gasteiger partial charge is 0.353 e. The average Bonchev–Trinajstić information content (AvgIpc) is 2.87. The first kappa shape index (κ1) is 13.0. The zero-order chi connectivity index (χ0) is 15.1. The molecule has 0 unspecified atom stereocenters. The Bertz CT molecular complexity index is 766. The quantitative estimate of drug-likeness (QED) is 0.843. The van der Waals surface area contributed by atoms with Crippen molar-refractivity contribution in [3.8, 4) is 0 Å². The van der Waals surface area contributed by atoms with Gasteiger partial charge in [0.25, 0.3) is 0 Å². The van der Waals surface area contributed by atoms with Gasteiger partial charge in [0.15, 0.2) is 5.78 Å². The lowest BCUT2D eigenvalue weighted by Gasteiger charge is -2.24. The number of aromatic nitrogens is 2. The number of hydrogen-bond acceptors (Lipinski definition) is 6. The maximum atomic E-state index is 13.2. The SMILES string of the molecule is O=C1CCCC2=C1[C@H](c1ccc(F)cc1)Nc1nonc1N2. The van der Waals surface area contributed by atoms with Gasteiger partial charge in [0.1, 0.15) is 5.82 Å². The number of fused-ring (bicyclic) bond motifs is 1. The van der Waals surface area contributed by atoms with Gasteiger partial charge in [-0.25, -0.2) is 9.02 Å². The Morgan fingerprint density at radius 1 is 1.14 bits per heavy atom. The Labute approximate surface area is 125 Å². The van der Waals surface area contributed by atoms with Crippen LogP contribution in [0, 0.1) is 5.82 Å². The Balaban J connectivity index is 1.85. The molecule has 1 aromatic carbocycles. The molecule has 112 valence electrons. The van der Waals surface area contributed by atoms with Crippen molar-refractivity contribution in [3.05, 3.63) is 46.9 Å². The van der Waals surface area contributed by atoms with Gasteiger partial charge in [0, 0.05) is 17.7 Å². The van der Waals surface area contributed by atoms with Gasteiger partial charge < -0.3 is 10.6 Å². The smallest absolute Gasteiger partial charge is 0.219 e. The van der Waals surface area contributed by atoms with Gasteiger partial charge in [0.05, 0.1) is 6.04 Å². The van der Waals surface area contributed by atoms with E-state index >= 15 is 0 Å². The Morgan fingerprint density at radius 3 is 2.73 bits per heavy atom. The predicted molar refractivity (Wildman–Crippen MR) is 76.6 cm³/mol. The van der Waals surface area contributed by atoms with E-state index in [9.17, 15) is 9.18 Å². The zero-order valence-electron chi connectivity index (χ0n) is 11.6. The Hall–Kier alpha value is -2.70. The summed E-state index contributed by atoms with van der Waals surface area (Å²) < 4.78 is 17.9. The standard InChI is InChI=1S/C15H13FN4O2/c16-9-6-4-8(5-7-9)13-12-10(2-1-3-11(12)21)17-14-15(18-13)20-22-19-14/h4-7,13H,1-3H2,(H,17,19)(H,18,20)/t13-/m0/s1. The summed E-state index contributed by atoms with van der Waals surface area (Å²) in [5, 5.41) is 13.9. The van der Waals surface area contributed by atoms with E-state index in [0.717, 1.165) is 24.1 Å². The number of nitrogens with zero attached hydrogens (tertiary/aromatic N) is 2. The number of hydrogen-bond donors (Lipinski definition) is 2. The number of rotatable bonds is 1. The molecule has 0 amide bonds. The lowest BCUT2D eigenvalue weighted by Crippen LogP contribution is -2.23. The fraction of sp³-hybridized carbons (Fsp3) is 0.267. The number of nitrogens with one attached hydrogen (secondary N) is 2. The molecule has 2 aromatic rings. The van der Waals surface area contributed by atoms with Crippen LogP contribution in [0.5, 0.6) is 0 Å². The van der Waals surface area contributed by atoms with Gasteiger partial charge >= 0.3 is 0 Å². The van der Waals surface area contributed by atoms with Crippen LogP contribution in [0.1, 0.15) is 30.9 Å². The number of carbonyl (C=O) groups excluding carboxylic acids is 1. The third kappa shape index (κ3) is 2.05. The number of halogens is 1. The van der Waals surface area contributed by atoms with Gasteiger partial charge in [0.2, 0.25) is 11.6 Å². The van der Waals surface area contributed by atoms with Crippen LogP contribution in [-0.2, 0) is 4.79 Å². The summed E-state index contributed by atoms with van der Waals surface area (Å²) in [6.45, 7) is 0. The summed E-state index contributed by atoms with van der Waals surface area (Å²) in [5.41, 5.74) is 2.28. The first-order valence-electron chi connectivity index (χ1n) is 7.10. The lowest BCUT2D eigenvalue weighted by molar-refractivity contribution is -0.116. The molecule has 4 rings (SSSR count). The van der Waals surface area contributed by atoms with Crippen LogP contribution in [0.4, 0.5) is 16.0 Å². The summed E-state index contributed by atoms with van der Waals surface area (Å²) >= 11 is 0. The van der Waals surface area contributed by atoms with E-state index in [1.165, 1.54) is 12.1 Å². The number of benzene rings is 1. The van der Waals surface area contributed by atoms with Crippen LogP contribution in [0.15, 0.2) is 40.2 Å². The zero-order valence-corrected chi connectivity index (χ0v) is 11.6. The van der Waals surface area contributed by atoms with Crippen LogP contribution in [0.3, 0.4) is 0 Å². The minimum absolute atomic E-state index is 0.0812. The monoisotopic (exact) mass is 300 g/mol. The molecule has 2 heterocycles. The molecule has 1 aliphatic carbocycles. The first-order valence-corrected chi connectivity index (χ1v) is 7.10. The van der Waals surface area contributed by atoms with Crippen LogP contribution in [0.25, 0.3) is 0 Å². The van der Waals surface area contributed by atoms with E-state index in [0.29, 0.717) is 23.6 Å². The molecule has 0 saturated carbocycles. The van der Waals surface area contributed by atoms with Crippen molar-refractivity contribution in [1.29, 1.82) is 0 Å². The number of Topliss-reactive ketones (excluding diaryl/α,β-unsaturated/α-hetero) is 1. The third-order valence-corrected chi connectivity index (χ3v) is 3.99. The van der Waals surface area contributed by atoms with Crippen molar-refractivity contribution < 1.29 is 13.8 Å². The molecule has 6 nitrogen and oxygen atoms in total. The Morgan fingerprint density at radius 2 is 1.91 bits per heavy atom. The van der Waals surface area contributed by atoms with Crippen LogP contribution in [-0.4, -0.2) is 16.1 Å². The van der Waals surface area contributed by atoms with E-state index in [2.05, 4.69) is 20.9 Å². The summed E-state index contributed by atoms with van der Waals surface area (Å²) in [5.74, 6) is 0.671. The first-order chi connectivity index (χ1) is 10.7. The van der Waals surface area contributed by atoms with E-state index < -0.39 is 6.04 Å². The molecule has 1 aliphatic heterocycles. The van der Waals surface area contributed by atoms with Crippen LogP contribution < -0.4 is 10.6 Å². The third-order valence-electron chi connectivity index (χ3n) is 3.99. The molecule has 1 aromatic heterocycles. The number of anilines is 2. The van der Waals surface area contributed by atoms with Gasteiger partial charge in [-0.2, -0.15) is 0 Å². The molecule has 0 radical (unpaired) electrons. The Kier molecular flexibility index (Phi) is 2.92. The number of ketones is 1. The van der Waals surface area contributed by atoms with Gasteiger partial charge in [-0.3, -0.25) is 4.79 Å². The molecule has 2 aliphatic rings. The molecule has 22 heavy (non-hydrogen) atoms. The van der Waals surface area contributed by atoms with E-state index in [-0.39, 0.29) is 11.6 Å². The highest BCUT2D eigenvalue weighted by Gasteiger charge is 2.33. The maximum absolute atomic E-state index is 13.2. The molecular weight excluding hydrogens is 287 g/mol. The minimum Gasteiger partial charge on any atom is -0.353 e. The van der Waals surface area contributed by atoms with Crippen LogP contribution in [0.2, 0.25) is 0 Å². The number of allylic oxidation sites excluding steroid dienone is 1. The highest BCUT2D eigenvalue weighted by Crippen LogP contribution is 2.39. The molecule has 0 bridgehead atoms. The van der Waals surface area contributed by atoms with Gasteiger partial charge in [-0.15, -0.1) is 0 Å². The second-order valence-corrected chi connectivity index (χ2v) is 5.38. The molecule has 0 saturated heterocycles. The normalized spacial score (nSPS) is 20.6. The molecular formula is C15H13FN4O2. The average molecular weight is 300 g/mol. The summed E-state index contributed by atoms with van der Waals surface area (Å²) in [4.78, 5) is 12.4. The molecule has 0 fully saturated rings. The molecule has 7 heteroatoms. The molecule has 1 atom stereocenters. The van der Waals surface area contributed by atoms with Crippen molar-refractivity contribution in [2.24, 2.45) is 0 Å². The summed E-state index contributed by atoms with van der Waals surface area (Å²) in [7, 11) is 0. The second-order valence-electron chi connectivity index (χ2n) is 5.38. The molecule has 0 spiro atoms. The highest BCUT2D eigenvalue weighted by molar-refractivity contribution is 6.00. The van der Waals surface area contributed by atoms with Crippen molar-refractivity contribution >= 4 is 17.4 Å². The van der Waals surface area contributed by atoms with E-state index in [1.807, 2.05) is 0 Å². The second kappa shape index (κ2) is 4.94.